The Kier molecular flexibility index (Phi) is 9.92. The Balaban J connectivity index is 1.12. The van der Waals surface area contributed by atoms with E-state index in [1.165, 1.54) is 17.8 Å². The average Bonchev–Trinajstić information content (AvgIpc) is 3.58. The number of carbonyl (C=O) groups is 3. The van der Waals surface area contributed by atoms with Crippen LogP contribution in [-0.2, 0) is 9.59 Å². The van der Waals surface area contributed by atoms with Gasteiger partial charge in [0.15, 0.2) is 11.5 Å². The van der Waals surface area contributed by atoms with Crippen LogP contribution in [-0.4, -0.2) is 36.2 Å². The molecule has 5 aromatic rings. The molecule has 0 spiro atoms. The molecule has 3 N–H and O–H groups in total. The minimum Gasteiger partial charge on any atom is -0.486 e. The smallest absolute Gasteiger partial charge is 0.272 e. The zero-order valence-corrected chi connectivity index (χ0v) is 27.1. The lowest BCUT2D eigenvalue weighted by Gasteiger charge is -2.19. The molecule has 0 saturated carbocycles. The Hall–Kier alpha value is -5.74. The average molecular weight is 660 g/mol. The second kappa shape index (κ2) is 14.8. The third-order valence-electron chi connectivity index (χ3n) is 7.38. The lowest BCUT2D eigenvalue weighted by Crippen LogP contribution is -2.30. The van der Waals surface area contributed by atoms with Crippen molar-refractivity contribution in [1.29, 1.82) is 0 Å². The third-order valence-corrected chi connectivity index (χ3v) is 8.49. The highest BCUT2D eigenvalue weighted by molar-refractivity contribution is 8.00. The van der Waals surface area contributed by atoms with E-state index in [-0.39, 0.29) is 11.6 Å². The zero-order chi connectivity index (χ0) is 33.5. The summed E-state index contributed by atoms with van der Waals surface area (Å²) in [6.07, 6.45) is 1.50. The molecule has 0 radical (unpaired) electrons. The number of amides is 3. The second-order valence-electron chi connectivity index (χ2n) is 11.0. The number of thioether (sulfide) groups is 1. The van der Waals surface area contributed by atoms with E-state index in [9.17, 15) is 14.4 Å². The van der Waals surface area contributed by atoms with E-state index in [2.05, 4.69) is 16.0 Å². The summed E-state index contributed by atoms with van der Waals surface area (Å²) in [4.78, 5) is 40.3. The van der Waals surface area contributed by atoms with Crippen molar-refractivity contribution in [3.05, 3.63) is 132 Å². The predicted octanol–water partition coefficient (Wildman–Crippen LogP) is 7.56. The Morgan fingerprint density at radius 1 is 0.771 bits per heavy atom. The molecular weight excluding hydrogens is 627 g/mol. The number of aryl methyl sites for hydroxylation is 1. The van der Waals surface area contributed by atoms with Gasteiger partial charge in [0.25, 0.3) is 11.8 Å². The summed E-state index contributed by atoms with van der Waals surface area (Å²) in [5.74, 6) is 1.17. The lowest BCUT2D eigenvalue weighted by atomic mass is 10.1. The molecule has 1 atom stereocenters. The molecule has 4 aromatic carbocycles. The highest BCUT2D eigenvalue weighted by Crippen LogP contribution is 2.33. The maximum atomic E-state index is 13.5. The summed E-state index contributed by atoms with van der Waals surface area (Å²) in [5.41, 5.74) is 3.58. The van der Waals surface area contributed by atoms with Crippen molar-refractivity contribution in [2.24, 2.45) is 0 Å². The van der Waals surface area contributed by atoms with Crippen molar-refractivity contribution in [2.45, 2.75) is 24.0 Å². The van der Waals surface area contributed by atoms with E-state index < -0.39 is 17.1 Å². The molecule has 0 fully saturated rings. The number of benzene rings is 4. The van der Waals surface area contributed by atoms with E-state index in [1.54, 1.807) is 60.7 Å². The number of ether oxygens (including phenoxy) is 2. The molecule has 1 unspecified atom stereocenters. The number of nitrogens with one attached hydrogen (secondary N) is 3. The first-order chi connectivity index (χ1) is 23.3. The van der Waals surface area contributed by atoms with Crippen LogP contribution in [0.3, 0.4) is 0 Å². The summed E-state index contributed by atoms with van der Waals surface area (Å²) in [6.45, 7) is 4.79. The summed E-state index contributed by atoms with van der Waals surface area (Å²) in [7, 11) is 0. The number of furan rings is 1. The first-order valence-corrected chi connectivity index (χ1v) is 16.2. The fraction of sp³-hybridized carbons (Fsp3) is 0.132. The second-order valence-corrected chi connectivity index (χ2v) is 12.4. The van der Waals surface area contributed by atoms with E-state index in [4.69, 9.17) is 13.9 Å². The van der Waals surface area contributed by atoms with Crippen LogP contribution in [0.4, 0.5) is 11.4 Å². The van der Waals surface area contributed by atoms with E-state index >= 15 is 0 Å². The molecule has 10 heteroatoms. The molecule has 9 nitrogen and oxygen atoms in total. The van der Waals surface area contributed by atoms with Crippen LogP contribution in [0.15, 0.2) is 124 Å². The number of hydrogen-bond donors (Lipinski definition) is 3. The molecule has 3 amide bonds. The van der Waals surface area contributed by atoms with Gasteiger partial charge in [0, 0.05) is 39.5 Å². The van der Waals surface area contributed by atoms with Gasteiger partial charge in [-0.2, -0.15) is 0 Å². The molecule has 0 aliphatic carbocycles. The summed E-state index contributed by atoms with van der Waals surface area (Å²) >= 11 is 1.38. The van der Waals surface area contributed by atoms with Gasteiger partial charge >= 0.3 is 0 Å². The minimum absolute atomic E-state index is 0.0107. The van der Waals surface area contributed by atoms with Gasteiger partial charge in [-0.15, -0.1) is 11.8 Å². The molecule has 1 aromatic heterocycles. The van der Waals surface area contributed by atoms with Crippen molar-refractivity contribution in [2.75, 3.05) is 23.8 Å². The van der Waals surface area contributed by atoms with E-state index in [0.717, 1.165) is 16.0 Å². The van der Waals surface area contributed by atoms with E-state index in [1.807, 2.05) is 62.4 Å². The van der Waals surface area contributed by atoms with Crippen LogP contribution in [0.1, 0.15) is 28.6 Å². The molecule has 2 heterocycles. The van der Waals surface area contributed by atoms with Crippen LogP contribution >= 0.6 is 11.8 Å². The Bertz CT molecular complexity index is 1950. The highest BCUT2D eigenvalue weighted by atomic mass is 32.2. The summed E-state index contributed by atoms with van der Waals surface area (Å²) in [6, 6.07) is 32.5. The van der Waals surface area contributed by atoms with Gasteiger partial charge in [0.2, 0.25) is 5.91 Å². The quantitative estimate of drug-likeness (QED) is 0.105. The van der Waals surface area contributed by atoms with Gasteiger partial charge in [0.05, 0.1) is 5.25 Å². The Morgan fingerprint density at radius 2 is 1.48 bits per heavy atom. The van der Waals surface area contributed by atoms with Crippen molar-refractivity contribution in [3.63, 3.8) is 0 Å². The van der Waals surface area contributed by atoms with Gasteiger partial charge in [0.1, 0.15) is 30.4 Å². The van der Waals surface area contributed by atoms with Crippen molar-refractivity contribution in [1.82, 2.24) is 5.32 Å². The number of anilines is 2. The number of carbonyl (C=O) groups excluding carboxylic acids is 3. The van der Waals surface area contributed by atoms with Gasteiger partial charge in [-0.25, -0.2) is 0 Å². The summed E-state index contributed by atoms with van der Waals surface area (Å²) < 4.78 is 17.2. The SMILES string of the molecule is Cc1ccc(-c2ccc(/C=C(\NC(=O)c3ccccc3)C(=O)Nc3ccc(SC(C)C(=O)Nc4ccc5c(c4)OCCO5)cc3)o2)cc1. The monoisotopic (exact) mass is 659 g/mol. The number of hydrogen-bond acceptors (Lipinski definition) is 7. The number of fused-ring (bicyclic) bond motifs is 1. The van der Waals surface area contributed by atoms with Gasteiger partial charge in [-0.3, -0.25) is 14.4 Å². The molecule has 1 aliphatic rings. The minimum atomic E-state index is -0.528. The predicted molar refractivity (Wildman–Crippen MR) is 187 cm³/mol. The molecular formula is C38H33N3O6S. The normalized spacial score (nSPS) is 12.9. The molecule has 242 valence electrons. The number of rotatable bonds is 10. The van der Waals surface area contributed by atoms with Crippen LogP contribution in [0.2, 0.25) is 0 Å². The van der Waals surface area contributed by atoms with E-state index in [0.29, 0.717) is 53.2 Å². The fourth-order valence-corrected chi connectivity index (χ4v) is 5.69. The maximum Gasteiger partial charge on any atom is 0.272 e. The maximum absolute atomic E-state index is 13.5. The lowest BCUT2D eigenvalue weighted by molar-refractivity contribution is -0.115. The third kappa shape index (κ3) is 8.15. The van der Waals surface area contributed by atoms with Crippen LogP contribution < -0.4 is 25.4 Å². The standard InChI is InChI=1S/C38H33N3O6S/c1-24-8-10-26(11-9-24)33-19-15-30(47-33)23-32(41-37(43)27-6-4-3-5-7-27)38(44)39-28-12-16-31(17-13-28)48-25(2)36(42)40-29-14-18-34-35(22-29)46-21-20-45-34/h3-19,22-23,25H,20-21H2,1-2H3,(H,39,44)(H,40,42)(H,41,43)/b32-23-. The highest BCUT2D eigenvalue weighted by Gasteiger charge is 2.19. The van der Waals surface area contributed by atoms with Gasteiger partial charge in [-0.1, -0.05) is 48.0 Å². The van der Waals surface area contributed by atoms with Gasteiger partial charge in [-0.05, 0) is 74.5 Å². The largest absolute Gasteiger partial charge is 0.486 e. The van der Waals surface area contributed by atoms with Gasteiger partial charge < -0.3 is 29.8 Å². The topological polar surface area (TPSA) is 119 Å². The fourth-order valence-electron chi connectivity index (χ4n) is 4.83. The van der Waals surface area contributed by atoms with Crippen LogP contribution in [0.5, 0.6) is 11.5 Å². The zero-order valence-electron chi connectivity index (χ0n) is 26.3. The molecule has 6 rings (SSSR count). The van der Waals surface area contributed by atoms with Crippen LogP contribution in [0.25, 0.3) is 17.4 Å². The summed E-state index contributed by atoms with van der Waals surface area (Å²) in [5, 5.41) is 8.10. The Morgan fingerprint density at radius 3 is 2.23 bits per heavy atom. The molecule has 48 heavy (non-hydrogen) atoms. The van der Waals surface area contributed by atoms with Crippen molar-refractivity contribution in [3.8, 4) is 22.8 Å². The molecule has 0 saturated heterocycles. The molecule has 1 aliphatic heterocycles. The first-order valence-electron chi connectivity index (χ1n) is 15.3. The van der Waals surface area contributed by atoms with Crippen molar-refractivity contribution >= 4 is 46.9 Å². The van der Waals surface area contributed by atoms with Crippen LogP contribution in [0, 0.1) is 6.92 Å². The van der Waals surface area contributed by atoms with Crippen molar-refractivity contribution < 1.29 is 28.3 Å². The Labute approximate surface area is 282 Å². The molecule has 0 bridgehead atoms. The first kappa shape index (κ1) is 32.2.